The quantitative estimate of drug-likeness (QED) is 0.871. The first-order valence-electron chi connectivity index (χ1n) is 9.75. The molecule has 0 saturated heterocycles. The molecule has 1 amide bonds. The Morgan fingerprint density at radius 3 is 2.44 bits per heavy atom. The van der Waals surface area contributed by atoms with Crippen LogP contribution >= 0.6 is 0 Å². The van der Waals surface area contributed by atoms with Crippen LogP contribution in [0, 0.1) is 11.8 Å². The van der Waals surface area contributed by atoms with Gasteiger partial charge in [-0.2, -0.15) is 0 Å². The van der Waals surface area contributed by atoms with Crippen LogP contribution in [0.15, 0.2) is 18.2 Å². The molecule has 2 saturated carbocycles. The third-order valence-corrected chi connectivity index (χ3v) is 5.46. The van der Waals surface area contributed by atoms with Crippen molar-refractivity contribution in [2.75, 3.05) is 11.9 Å². The lowest BCUT2D eigenvalue weighted by atomic mass is 9.98. The standard InChI is InChI=1S/C21H30N2O2/c1-21(2,3)25-20(24)23-11-10-14-8-9-18(12-17(14)13-23)22-19(15-4-5-15)16-6-7-16/h8-9,12,15-16,19,22H,4-7,10-11,13H2,1-3H3. The Bertz CT molecular complexity index is 644. The van der Waals surface area contributed by atoms with Crippen LogP contribution in [0.25, 0.3) is 0 Å². The number of fused-ring (bicyclic) bond motifs is 1. The molecule has 0 aromatic heterocycles. The minimum absolute atomic E-state index is 0.203. The fourth-order valence-electron chi connectivity index (χ4n) is 3.85. The van der Waals surface area contributed by atoms with Crippen LogP contribution in [0.1, 0.15) is 57.6 Å². The van der Waals surface area contributed by atoms with E-state index in [2.05, 4.69) is 23.5 Å². The predicted octanol–water partition coefficient (Wildman–Crippen LogP) is 4.58. The van der Waals surface area contributed by atoms with Gasteiger partial charge >= 0.3 is 6.09 Å². The largest absolute Gasteiger partial charge is 0.444 e. The number of rotatable bonds is 4. The summed E-state index contributed by atoms with van der Waals surface area (Å²) < 4.78 is 5.54. The van der Waals surface area contributed by atoms with Crippen molar-refractivity contribution in [3.8, 4) is 0 Å². The van der Waals surface area contributed by atoms with Crippen molar-refractivity contribution in [2.45, 2.75) is 71.1 Å². The zero-order valence-electron chi connectivity index (χ0n) is 15.7. The monoisotopic (exact) mass is 342 g/mol. The predicted molar refractivity (Wildman–Crippen MR) is 99.6 cm³/mol. The highest BCUT2D eigenvalue weighted by atomic mass is 16.6. The van der Waals surface area contributed by atoms with E-state index in [0.717, 1.165) is 24.8 Å². The summed E-state index contributed by atoms with van der Waals surface area (Å²) >= 11 is 0. The summed E-state index contributed by atoms with van der Waals surface area (Å²) in [6.07, 6.45) is 6.22. The molecule has 0 radical (unpaired) electrons. The van der Waals surface area contributed by atoms with Crippen LogP contribution in [0.2, 0.25) is 0 Å². The average Bonchev–Trinajstić information content (AvgIpc) is 3.44. The minimum Gasteiger partial charge on any atom is -0.444 e. The summed E-state index contributed by atoms with van der Waals surface area (Å²) in [5.74, 6) is 1.75. The summed E-state index contributed by atoms with van der Waals surface area (Å²) in [6.45, 7) is 7.14. The van der Waals surface area contributed by atoms with Crippen LogP contribution in [-0.4, -0.2) is 29.2 Å². The number of carbonyl (C=O) groups excluding carboxylic acids is 1. The Kier molecular flexibility index (Phi) is 4.17. The fraction of sp³-hybridized carbons (Fsp3) is 0.667. The second kappa shape index (κ2) is 6.22. The molecular weight excluding hydrogens is 312 g/mol. The Morgan fingerprint density at radius 1 is 1.16 bits per heavy atom. The molecule has 4 rings (SSSR count). The van der Waals surface area contributed by atoms with Crippen LogP contribution in [0.4, 0.5) is 10.5 Å². The first kappa shape index (κ1) is 16.7. The molecule has 1 aromatic carbocycles. The number of hydrogen-bond acceptors (Lipinski definition) is 3. The number of anilines is 1. The summed E-state index contributed by atoms with van der Waals surface area (Å²) in [4.78, 5) is 14.2. The lowest BCUT2D eigenvalue weighted by molar-refractivity contribution is 0.0224. The van der Waals surface area contributed by atoms with Crippen LogP contribution in [-0.2, 0) is 17.7 Å². The number of nitrogens with zero attached hydrogens (tertiary/aromatic N) is 1. The second-order valence-electron chi connectivity index (χ2n) is 8.98. The molecule has 136 valence electrons. The van der Waals surface area contributed by atoms with Gasteiger partial charge in [0.25, 0.3) is 0 Å². The van der Waals surface area contributed by atoms with E-state index in [4.69, 9.17) is 4.74 Å². The van der Waals surface area contributed by atoms with E-state index < -0.39 is 5.60 Å². The number of amides is 1. The van der Waals surface area contributed by atoms with Crippen molar-refractivity contribution in [3.05, 3.63) is 29.3 Å². The van der Waals surface area contributed by atoms with Gasteiger partial charge < -0.3 is 15.0 Å². The van der Waals surface area contributed by atoms with Gasteiger partial charge in [-0.3, -0.25) is 0 Å². The number of hydrogen-bond donors (Lipinski definition) is 1. The first-order chi connectivity index (χ1) is 11.9. The number of benzene rings is 1. The van der Waals surface area contributed by atoms with Crippen LogP contribution < -0.4 is 5.32 Å². The summed E-state index contributed by atoms with van der Waals surface area (Å²) in [5.41, 5.74) is 3.39. The smallest absolute Gasteiger partial charge is 0.410 e. The molecule has 3 aliphatic rings. The second-order valence-corrected chi connectivity index (χ2v) is 8.98. The SMILES string of the molecule is CC(C)(C)OC(=O)N1CCc2ccc(NC(C3CC3)C3CC3)cc2C1. The summed E-state index contributed by atoms with van der Waals surface area (Å²) in [7, 11) is 0. The van der Waals surface area contributed by atoms with Gasteiger partial charge in [-0.25, -0.2) is 4.79 Å². The van der Waals surface area contributed by atoms with E-state index >= 15 is 0 Å². The Balaban J connectivity index is 1.44. The lowest BCUT2D eigenvalue weighted by Crippen LogP contribution is -2.39. The average molecular weight is 342 g/mol. The summed E-state index contributed by atoms with van der Waals surface area (Å²) in [6, 6.07) is 7.37. The molecule has 1 aliphatic heterocycles. The maximum atomic E-state index is 12.4. The normalized spacial score (nSPS) is 20.4. The molecule has 0 spiro atoms. The molecule has 0 bridgehead atoms. The van der Waals surface area contributed by atoms with Crippen LogP contribution in [0.5, 0.6) is 0 Å². The molecule has 4 nitrogen and oxygen atoms in total. The van der Waals surface area contributed by atoms with Gasteiger partial charge in [-0.15, -0.1) is 0 Å². The van der Waals surface area contributed by atoms with Gasteiger partial charge in [0, 0.05) is 24.8 Å². The molecule has 0 atom stereocenters. The maximum absolute atomic E-state index is 12.4. The molecule has 25 heavy (non-hydrogen) atoms. The van der Waals surface area contributed by atoms with Crippen LogP contribution in [0.3, 0.4) is 0 Å². The topological polar surface area (TPSA) is 41.6 Å². The number of nitrogens with one attached hydrogen (secondary N) is 1. The van der Waals surface area contributed by atoms with E-state index in [0.29, 0.717) is 12.6 Å². The van der Waals surface area contributed by atoms with Gasteiger partial charge in [0.05, 0.1) is 0 Å². The lowest BCUT2D eigenvalue weighted by Gasteiger charge is -2.31. The molecule has 1 aromatic rings. The zero-order valence-corrected chi connectivity index (χ0v) is 15.7. The Morgan fingerprint density at radius 2 is 1.84 bits per heavy atom. The van der Waals surface area contributed by atoms with Crippen molar-refractivity contribution in [2.24, 2.45) is 11.8 Å². The van der Waals surface area contributed by atoms with E-state index in [9.17, 15) is 4.79 Å². The highest BCUT2D eigenvalue weighted by molar-refractivity contribution is 5.69. The van der Waals surface area contributed by atoms with E-state index in [1.165, 1.54) is 42.5 Å². The van der Waals surface area contributed by atoms with Crippen molar-refractivity contribution >= 4 is 11.8 Å². The molecular formula is C21H30N2O2. The Labute approximate surface area is 150 Å². The highest BCUT2D eigenvalue weighted by Gasteiger charge is 2.41. The molecule has 0 unspecified atom stereocenters. The molecule has 1 heterocycles. The zero-order chi connectivity index (χ0) is 17.6. The number of ether oxygens (including phenoxy) is 1. The third kappa shape index (κ3) is 4.10. The van der Waals surface area contributed by atoms with E-state index in [1.807, 2.05) is 25.7 Å². The van der Waals surface area contributed by atoms with Gasteiger partial charge in [-0.05, 0) is 88.0 Å². The first-order valence-corrected chi connectivity index (χ1v) is 9.75. The molecule has 1 N–H and O–H groups in total. The summed E-state index contributed by atoms with van der Waals surface area (Å²) in [5, 5.41) is 3.80. The molecule has 4 heteroatoms. The van der Waals surface area contributed by atoms with Gasteiger partial charge in [0.2, 0.25) is 0 Å². The van der Waals surface area contributed by atoms with Gasteiger partial charge in [-0.1, -0.05) is 6.07 Å². The maximum Gasteiger partial charge on any atom is 0.410 e. The molecule has 2 aliphatic carbocycles. The fourth-order valence-corrected chi connectivity index (χ4v) is 3.85. The minimum atomic E-state index is -0.442. The van der Waals surface area contributed by atoms with Gasteiger partial charge in [0.1, 0.15) is 5.60 Å². The van der Waals surface area contributed by atoms with E-state index in [-0.39, 0.29) is 6.09 Å². The molecule has 2 fully saturated rings. The number of carbonyl (C=O) groups is 1. The van der Waals surface area contributed by atoms with Crippen molar-refractivity contribution in [1.82, 2.24) is 4.90 Å². The van der Waals surface area contributed by atoms with Crippen molar-refractivity contribution in [1.29, 1.82) is 0 Å². The van der Waals surface area contributed by atoms with Crippen molar-refractivity contribution in [3.63, 3.8) is 0 Å². The van der Waals surface area contributed by atoms with Gasteiger partial charge in [0.15, 0.2) is 0 Å². The van der Waals surface area contributed by atoms with Crippen molar-refractivity contribution < 1.29 is 9.53 Å². The highest BCUT2D eigenvalue weighted by Crippen LogP contribution is 2.46. The Hall–Kier alpha value is -1.71. The van der Waals surface area contributed by atoms with E-state index in [1.54, 1.807) is 0 Å². The third-order valence-electron chi connectivity index (χ3n) is 5.46.